The summed E-state index contributed by atoms with van der Waals surface area (Å²) in [5.74, 6) is 0.797. The third-order valence-corrected chi connectivity index (χ3v) is 6.94. The molecule has 1 saturated heterocycles. The van der Waals surface area contributed by atoms with Crippen molar-refractivity contribution in [1.82, 2.24) is 15.3 Å². The van der Waals surface area contributed by atoms with Crippen molar-refractivity contribution in [3.8, 4) is 33.9 Å². The molecule has 0 amide bonds. The maximum atomic E-state index is 9.62. The molecule has 5 rings (SSSR count). The van der Waals surface area contributed by atoms with Gasteiger partial charge in [0.05, 0.1) is 17.1 Å². The molecule has 1 aliphatic heterocycles. The lowest BCUT2D eigenvalue weighted by molar-refractivity contribution is 0.271. The van der Waals surface area contributed by atoms with Crippen LogP contribution in [0.25, 0.3) is 33.2 Å². The minimum atomic E-state index is -0.0234. The standard InChI is InChI=1S/C29H30ClN3O2/c1-18-11-19(2)13-21(12-18)25-17-32-27-15-26(30)23(20-6-7-28(34)33-16-20)14-24(27)29(25)35-10-8-22-5-3-4-9-31-22/h6-7,11-17,22,31H,3-5,8-10H2,1-2H3,(H,33,34)/t22-/m1/s1. The number of halogens is 1. The summed E-state index contributed by atoms with van der Waals surface area (Å²) in [7, 11) is 0. The number of fused-ring (bicyclic) bond motifs is 1. The summed E-state index contributed by atoms with van der Waals surface area (Å²) in [6.07, 6.45) is 8.18. The predicted molar refractivity (Wildman–Crippen MR) is 142 cm³/mol. The topological polar surface area (TPSA) is 67.3 Å². The van der Waals surface area contributed by atoms with Gasteiger partial charge in [0.25, 0.3) is 0 Å². The molecule has 0 spiro atoms. The first-order valence-electron chi connectivity index (χ1n) is 12.2. The molecule has 35 heavy (non-hydrogen) atoms. The molecule has 2 aromatic carbocycles. The Hall–Kier alpha value is -3.15. The molecule has 1 fully saturated rings. The number of benzene rings is 2. The van der Waals surface area contributed by atoms with E-state index < -0.39 is 0 Å². The minimum Gasteiger partial charge on any atom is -0.493 e. The van der Waals surface area contributed by atoms with Crippen LogP contribution in [0.3, 0.4) is 0 Å². The highest BCUT2D eigenvalue weighted by Gasteiger charge is 2.18. The Morgan fingerprint density at radius 1 is 0.971 bits per heavy atom. The van der Waals surface area contributed by atoms with Crippen LogP contribution >= 0.6 is 11.6 Å². The lowest BCUT2D eigenvalue weighted by atomic mass is 9.98. The van der Waals surface area contributed by atoms with E-state index in [4.69, 9.17) is 21.3 Å². The normalized spacial score (nSPS) is 15.9. The van der Waals surface area contributed by atoms with Crippen molar-refractivity contribution < 1.29 is 9.84 Å². The van der Waals surface area contributed by atoms with E-state index in [9.17, 15) is 5.11 Å². The Bertz CT molecular complexity index is 1330. The van der Waals surface area contributed by atoms with Crippen molar-refractivity contribution in [2.45, 2.75) is 45.6 Å². The number of hydrogen-bond donors (Lipinski definition) is 2. The van der Waals surface area contributed by atoms with Crippen molar-refractivity contribution in [3.05, 3.63) is 71.0 Å². The van der Waals surface area contributed by atoms with Crippen LogP contribution in [0.2, 0.25) is 5.02 Å². The van der Waals surface area contributed by atoms with Gasteiger partial charge in [-0.2, -0.15) is 0 Å². The molecule has 2 aromatic heterocycles. The number of aryl methyl sites for hydroxylation is 2. The Kier molecular flexibility index (Phi) is 6.89. The lowest BCUT2D eigenvalue weighted by Crippen LogP contribution is -2.35. The maximum Gasteiger partial charge on any atom is 0.210 e. The molecule has 6 heteroatoms. The highest BCUT2D eigenvalue weighted by molar-refractivity contribution is 6.34. The average molecular weight is 488 g/mol. The third-order valence-electron chi connectivity index (χ3n) is 6.62. The van der Waals surface area contributed by atoms with Gasteiger partial charge in [-0.15, -0.1) is 0 Å². The van der Waals surface area contributed by atoms with Gasteiger partial charge in [0, 0.05) is 46.6 Å². The average Bonchev–Trinajstić information content (AvgIpc) is 2.84. The largest absolute Gasteiger partial charge is 0.493 e. The molecule has 3 heterocycles. The summed E-state index contributed by atoms with van der Waals surface area (Å²) in [4.78, 5) is 8.78. The molecular weight excluding hydrogens is 458 g/mol. The smallest absolute Gasteiger partial charge is 0.210 e. The summed E-state index contributed by atoms with van der Waals surface area (Å²) in [5.41, 5.74) is 6.88. The molecule has 0 bridgehead atoms. The molecule has 5 nitrogen and oxygen atoms in total. The van der Waals surface area contributed by atoms with Gasteiger partial charge in [-0.3, -0.25) is 4.98 Å². The van der Waals surface area contributed by atoms with E-state index in [-0.39, 0.29) is 5.88 Å². The van der Waals surface area contributed by atoms with Gasteiger partial charge in [0.2, 0.25) is 5.88 Å². The summed E-state index contributed by atoms with van der Waals surface area (Å²) in [5, 5.41) is 14.7. The van der Waals surface area contributed by atoms with Crippen molar-refractivity contribution in [2.24, 2.45) is 0 Å². The van der Waals surface area contributed by atoms with Gasteiger partial charge >= 0.3 is 0 Å². The minimum absolute atomic E-state index is 0.0234. The second-order valence-corrected chi connectivity index (χ2v) is 9.82. The van der Waals surface area contributed by atoms with Crippen molar-refractivity contribution in [2.75, 3.05) is 13.2 Å². The molecule has 1 aliphatic rings. The number of rotatable bonds is 6. The highest BCUT2D eigenvalue weighted by atomic mass is 35.5. The van der Waals surface area contributed by atoms with Crippen LogP contribution in [0, 0.1) is 13.8 Å². The van der Waals surface area contributed by atoms with Crippen molar-refractivity contribution >= 4 is 22.5 Å². The van der Waals surface area contributed by atoms with Gasteiger partial charge < -0.3 is 15.2 Å². The molecule has 2 N–H and O–H groups in total. The molecule has 0 aliphatic carbocycles. The summed E-state index contributed by atoms with van der Waals surface area (Å²) in [6.45, 7) is 5.92. The second-order valence-electron chi connectivity index (χ2n) is 9.42. The summed E-state index contributed by atoms with van der Waals surface area (Å²) in [6, 6.07) is 14.3. The maximum absolute atomic E-state index is 9.62. The van der Waals surface area contributed by atoms with Crippen LogP contribution in [0.5, 0.6) is 11.6 Å². The van der Waals surface area contributed by atoms with Crippen LogP contribution in [-0.2, 0) is 0 Å². The Morgan fingerprint density at radius 2 is 1.80 bits per heavy atom. The van der Waals surface area contributed by atoms with Gasteiger partial charge in [0.15, 0.2) is 0 Å². The van der Waals surface area contributed by atoms with Crippen molar-refractivity contribution in [3.63, 3.8) is 0 Å². The van der Waals surface area contributed by atoms with Gasteiger partial charge in [-0.1, -0.05) is 47.3 Å². The molecular formula is C29H30ClN3O2. The van der Waals surface area contributed by atoms with E-state index >= 15 is 0 Å². The monoisotopic (exact) mass is 487 g/mol. The fourth-order valence-electron chi connectivity index (χ4n) is 4.92. The predicted octanol–water partition coefficient (Wildman–Crippen LogP) is 6.85. The van der Waals surface area contributed by atoms with Crippen LogP contribution in [0.15, 0.2) is 54.9 Å². The van der Waals surface area contributed by atoms with Crippen LogP contribution in [-0.4, -0.2) is 34.3 Å². The Morgan fingerprint density at radius 3 is 2.51 bits per heavy atom. The van der Waals surface area contributed by atoms with Crippen molar-refractivity contribution in [1.29, 1.82) is 0 Å². The van der Waals surface area contributed by atoms with E-state index in [2.05, 4.69) is 42.3 Å². The number of nitrogens with one attached hydrogen (secondary N) is 1. The quantitative estimate of drug-likeness (QED) is 0.311. The van der Waals surface area contributed by atoms with Crippen LogP contribution in [0.1, 0.15) is 36.8 Å². The lowest BCUT2D eigenvalue weighted by Gasteiger charge is -2.24. The van der Waals surface area contributed by atoms with Crippen LogP contribution in [0.4, 0.5) is 0 Å². The molecule has 0 saturated carbocycles. The zero-order valence-corrected chi connectivity index (χ0v) is 20.9. The fraction of sp³-hybridized carbons (Fsp3) is 0.310. The molecule has 180 valence electrons. The Balaban J connectivity index is 1.60. The molecule has 1 atom stereocenters. The molecule has 4 aromatic rings. The second kappa shape index (κ2) is 10.2. The van der Waals surface area contributed by atoms with Gasteiger partial charge in [-0.25, -0.2) is 4.98 Å². The first-order valence-corrected chi connectivity index (χ1v) is 12.6. The summed E-state index contributed by atoms with van der Waals surface area (Å²) >= 11 is 6.65. The first-order chi connectivity index (χ1) is 17.0. The van der Waals surface area contributed by atoms with E-state index in [0.29, 0.717) is 17.7 Å². The number of aromatic hydroxyl groups is 1. The zero-order valence-electron chi connectivity index (χ0n) is 20.1. The Labute approximate surface area is 211 Å². The number of piperidine rings is 1. The molecule has 0 radical (unpaired) electrons. The van der Waals surface area contributed by atoms with E-state index in [1.807, 2.05) is 24.4 Å². The molecule has 0 unspecified atom stereocenters. The van der Waals surface area contributed by atoms with Crippen LogP contribution < -0.4 is 10.1 Å². The SMILES string of the molecule is Cc1cc(C)cc(-c2cnc3cc(Cl)c(-c4ccc(O)nc4)cc3c2OCC[C@H]2CCCCN2)c1. The highest BCUT2D eigenvalue weighted by Crippen LogP contribution is 2.40. The van der Waals surface area contributed by atoms with Gasteiger partial charge in [-0.05, 0) is 63.4 Å². The number of aromatic nitrogens is 2. The summed E-state index contributed by atoms with van der Waals surface area (Å²) < 4.78 is 6.56. The fourth-order valence-corrected chi connectivity index (χ4v) is 5.19. The van der Waals surface area contributed by atoms with E-state index in [0.717, 1.165) is 51.9 Å². The van der Waals surface area contributed by atoms with E-state index in [1.165, 1.54) is 30.4 Å². The number of hydrogen-bond acceptors (Lipinski definition) is 5. The van der Waals surface area contributed by atoms with E-state index in [1.54, 1.807) is 12.3 Å². The number of pyridine rings is 2. The first kappa shape index (κ1) is 23.6. The third kappa shape index (κ3) is 5.26. The number of ether oxygens (including phenoxy) is 1. The van der Waals surface area contributed by atoms with Gasteiger partial charge in [0.1, 0.15) is 5.75 Å². The zero-order chi connectivity index (χ0) is 24.4. The number of nitrogens with zero attached hydrogens (tertiary/aromatic N) is 2.